The van der Waals surface area contributed by atoms with Crippen molar-refractivity contribution in [1.82, 2.24) is 15.0 Å². The van der Waals surface area contributed by atoms with E-state index in [2.05, 4.69) is 20.3 Å². The zero-order chi connectivity index (χ0) is 18.8. The third-order valence-electron chi connectivity index (χ3n) is 4.84. The molecule has 140 valence electrons. The zero-order valence-corrected chi connectivity index (χ0v) is 15.4. The lowest BCUT2D eigenvalue weighted by Gasteiger charge is -2.29. The summed E-state index contributed by atoms with van der Waals surface area (Å²) in [5.41, 5.74) is 7.79. The van der Waals surface area contributed by atoms with Crippen molar-refractivity contribution >= 4 is 34.5 Å². The first-order valence-corrected chi connectivity index (χ1v) is 9.29. The molecule has 0 aliphatic heterocycles. The molecule has 3 aromatic rings. The van der Waals surface area contributed by atoms with Gasteiger partial charge in [-0.1, -0.05) is 23.7 Å². The molecule has 4 N–H and O–H groups in total. The summed E-state index contributed by atoms with van der Waals surface area (Å²) in [6.45, 7) is 0. The van der Waals surface area contributed by atoms with Crippen molar-refractivity contribution in [2.45, 2.75) is 37.8 Å². The van der Waals surface area contributed by atoms with E-state index in [-0.39, 0.29) is 12.1 Å². The average Bonchev–Trinajstić information content (AvgIpc) is 3.12. The number of carbonyl (C=O) groups excluding carboxylic acids is 1. The van der Waals surface area contributed by atoms with Crippen molar-refractivity contribution in [2.24, 2.45) is 5.73 Å². The van der Waals surface area contributed by atoms with E-state index in [0.717, 1.165) is 35.7 Å². The van der Waals surface area contributed by atoms with Gasteiger partial charge in [-0.2, -0.15) is 0 Å². The van der Waals surface area contributed by atoms with Crippen molar-refractivity contribution < 1.29 is 9.53 Å². The van der Waals surface area contributed by atoms with Crippen LogP contribution in [0.2, 0.25) is 5.02 Å². The number of primary amides is 1. The fraction of sp³-hybridized carbons (Fsp3) is 0.316. The van der Waals surface area contributed by atoms with E-state index in [9.17, 15) is 4.79 Å². The van der Waals surface area contributed by atoms with Gasteiger partial charge in [0.1, 0.15) is 6.10 Å². The molecule has 8 heteroatoms. The Labute approximate surface area is 161 Å². The van der Waals surface area contributed by atoms with Gasteiger partial charge in [-0.15, -0.1) is 0 Å². The number of halogens is 1. The molecule has 7 nitrogen and oxygen atoms in total. The quantitative estimate of drug-likeness (QED) is 0.627. The highest BCUT2D eigenvalue weighted by Gasteiger charge is 2.25. The monoisotopic (exact) mass is 385 g/mol. The van der Waals surface area contributed by atoms with E-state index in [1.165, 1.54) is 0 Å². The minimum Gasteiger partial charge on any atom is -0.446 e. The first-order chi connectivity index (χ1) is 13.1. The van der Waals surface area contributed by atoms with Crippen molar-refractivity contribution in [3.63, 3.8) is 0 Å². The summed E-state index contributed by atoms with van der Waals surface area (Å²) in [4.78, 5) is 23.2. The zero-order valence-electron chi connectivity index (χ0n) is 14.6. The van der Waals surface area contributed by atoms with Crippen LogP contribution in [0.5, 0.6) is 0 Å². The van der Waals surface area contributed by atoms with Crippen LogP contribution < -0.4 is 11.1 Å². The van der Waals surface area contributed by atoms with Crippen molar-refractivity contribution in [1.29, 1.82) is 0 Å². The van der Waals surface area contributed by atoms with Crippen LogP contribution in [0.15, 0.2) is 36.7 Å². The molecule has 1 saturated carbocycles. The van der Waals surface area contributed by atoms with Gasteiger partial charge in [0, 0.05) is 35.1 Å². The molecule has 4 rings (SSSR count). The van der Waals surface area contributed by atoms with Gasteiger partial charge in [0.15, 0.2) is 0 Å². The first-order valence-electron chi connectivity index (χ1n) is 8.92. The van der Waals surface area contributed by atoms with Gasteiger partial charge in [0.05, 0.1) is 16.9 Å². The molecule has 2 heterocycles. The Morgan fingerprint density at radius 3 is 3.07 bits per heavy atom. The number of ether oxygens (including phenoxy) is 1. The molecule has 0 unspecified atom stereocenters. The van der Waals surface area contributed by atoms with Crippen LogP contribution in [0.4, 0.5) is 10.7 Å². The van der Waals surface area contributed by atoms with Crippen LogP contribution in [-0.4, -0.2) is 33.2 Å². The third kappa shape index (κ3) is 3.83. The Morgan fingerprint density at radius 2 is 2.22 bits per heavy atom. The number of aromatic amines is 1. The van der Waals surface area contributed by atoms with E-state index < -0.39 is 6.09 Å². The van der Waals surface area contributed by atoms with Gasteiger partial charge in [0.2, 0.25) is 5.95 Å². The number of hydrogen-bond acceptors (Lipinski definition) is 5. The van der Waals surface area contributed by atoms with E-state index in [1.807, 2.05) is 30.5 Å². The molecule has 2 aromatic heterocycles. The number of nitrogens with two attached hydrogens (primary N) is 1. The second-order valence-electron chi connectivity index (χ2n) is 6.70. The fourth-order valence-corrected chi connectivity index (χ4v) is 3.84. The lowest BCUT2D eigenvalue weighted by Crippen LogP contribution is -2.34. The lowest BCUT2D eigenvalue weighted by atomic mass is 9.93. The number of hydrogen-bond donors (Lipinski definition) is 3. The fourth-order valence-electron chi connectivity index (χ4n) is 3.65. The van der Waals surface area contributed by atoms with Crippen LogP contribution in [0.25, 0.3) is 22.2 Å². The minimum atomic E-state index is -0.731. The Hall–Kier alpha value is -2.80. The number of anilines is 1. The van der Waals surface area contributed by atoms with Gasteiger partial charge >= 0.3 is 6.09 Å². The molecule has 0 spiro atoms. The molecule has 1 aliphatic carbocycles. The highest BCUT2D eigenvalue weighted by Crippen LogP contribution is 2.32. The van der Waals surface area contributed by atoms with E-state index >= 15 is 0 Å². The third-order valence-corrected chi connectivity index (χ3v) is 5.11. The molecular weight excluding hydrogens is 366 g/mol. The largest absolute Gasteiger partial charge is 0.446 e. The maximum absolute atomic E-state index is 11.0. The molecule has 2 atom stereocenters. The normalized spacial score (nSPS) is 19.7. The van der Waals surface area contributed by atoms with Gasteiger partial charge in [-0.25, -0.2) is 14.8 Å². The number of amides is 1. The predicted molar refractivity (Wildman–Crippen MR) is 105 cm³/mol. The molecular formula is C19H20ClN5O2. The van der Waals surface area contributed by atoms with Gasteiger partial charge in [-0.3, -0.25) is 0 Å². The highest BCUT2D eigenvalue weighted by atomic mass is 35.5. The standard InChI is InChI=1S/C19H20ClN5O2/c20-15-10-23-19(24-11-3-1-4-12(9-11)27-18(21)26)25-17(15)14-5-2-6-16-13(14)7-8-22-16/h2,5-8,10-12,22H,1,3-4,9H2,(H2,21,26)(H,23,24,25)/t11-,12+/m1/s1. The average molecular weight is 386 g/mol. The number of fused-ring (bicyclic) bond motifs is 1. The molecule has 1 aliphatic rings. The maximum atomic E-state index is 11.0. The van der Waals surface area contributed by atoms with E-state index in [1.54, 1.807) is 6.20 Å². The highest BCUT2D eigenvalue weighted by molar-refractivity contribution is 6.33. The van der Waals surface area contributed by atoms with Crippen molar-refractivity contribution in [3.05, 3.63) is 41.7 Å². The van der Waals surface area contributed by atoms with Crippen LogP contribution in [-0.2, 0) is 4.74 Å². The Morgan fingerprint density at radius 1 is 1.33 bits per heavy atom. The van der Waals surface area contributed by atoms with Gasteiger partial charge in [-0.05, 0) is 31.4 Å². The summed E-state index contributed by atoms with van der Waals surface area (Å²) >= 11 is 6.39. The van der Waals surface area contributed by atoms with Crippen LogP contribution in [0.3, 0.4) is 0 Å². The summed E-state index contributed by atoms with van der Waals surface area (Å²) in [5, 5.41) is 4.89. The molecule has 1 amide bonds. The Bertz CT molecular complexity index is 974. The number of rotatable bonds is 4. The molecule has 0 bridgehead atoms. The topological polar surface area (TPSA) is 106 Å². The van der Waals surface area contributed by atoms with E-state index in [4.69, 9.17) is 22.1 Å². The smallest absolute Gasteiger partial charge is 0.404 e. The minimum absolute atomic E-state index is 0.111. The number of H-pyrrole nitrogens is 1. The number of aromatic nitrogens is 3. The maximum Gasteiger partial charge on any atom is 0.404 e. The van der Waals surface area contributed by atoms with E-state index in [0.29, 0.717) is 23.1 Å². The SMILES string of the molecule is NC(=O)O[C@H]1CCC[C@@H](Nc2ncc(Cl)c(-c3cccc4[nH]ccc34)n2)C1. The molecule has 0 radical (unpaired) electrons. The second kappa shape index (κ2) is 7.44. The number of carbonyl (C=O) groups is 1. The number of nitrogens with zero attached hydrogens (tertiary/aromatic N) is 2. The van der Waals surface area contributed by atoms with Gasteiger partial charge < -0.3 is 20.8 Å². The summed E-state index contributed by atoms with van der Waals surface area (Å²) in [7, 11) is 0. The molecule has 1 aromatic carbocycles. The molecule has 0 saturated heterocycles. The van der Waals surface area contributed by atoms with Crippen LogP contribution >= 0.6 is 11.6 Å². The second-order valence-corrected chi connectivity index (χ2v) is 7.11. The summed E-state index contributed by atoms with van der Waals surface area (Å²) in [6, 6.07) is 8.08. The lowest BCUT2D eigenvalue weighted by molar-refractivity contribution is 0.0796. The molecule has 1 fully saturated rings. The number of nitrogens with one attached hydrogen (secondary N) is 2. The van der Waals surface area contributed by atoms with Crippen molar-refractivity contribution in [3.8, 4) is 11.3 Å². The van der Waals surface area contributed by atoms with Gasteiger partial charge in [0.25, 0.3) is 0 Å². The summed E-state index contributed by atoms with van der Waals surface area (Å²) < 4.78 is 5.14. The predicted octanol–water partition coefficient (Wildman–Crippen LogP) is 4.10. The Balaban J connectivity index is 1.58. The van der Waals surface area contributed by atoms with Crippen molar-refractivity contribution in [2.75, 3.05) is 5.32 Å². The number of benzene rings is 1. The first kappa shape index (κ1) is 17.6. The van der Waals surface area contributed by atoms with Crippen LogP contribution in [0, 0.1) is 0 Å². The van der Waals surface area contributed by atoms with Crippen LogP contribution in [0.1, 0.15) is 25.7 Å². The summed E-state index contributed by atoms with van der Waals surface area (Å²) in [5.74, 6) is 0.506. The molecule has 27 heavy (non-hydrogen) atoms. The Kier molecular flexibility index (Phi) is 4.85. The summed E-state index contributed by atoms with van der Waals surface area (Å²) in [6.07, 6.45) is 5.99.